The summed E-state index contributed by atoms with van der Waals surface area (Å²) in [5, 5.41) is 0. The molecule has 1 fully saturated rings. The van der Waals surface area contributed by atoms with Gasteiger partial charge in [0.25, 0.3) is 0 Å². The smallest absolute Gasteiger partial charge is 0.246 e. The molecule has 2 rings (SSSR count). The number of nitrogens with two attached hydrogens (primary N) is 1. The summed E-state index contributed by atoms with van der Waals surface area (Å²) in [4.78, 5) is -0.951. The van der Waals surface area contributed by atoms with Crippen molar-refractivity contribution in [3.8, 4) is 0 Å². The quantitative estimate of drug-likeness (QED) is 0.886. The number of benzene rings is 1. The lowest BCUT2D eigenvalue weighted by atomic mass is 9.78. The lowest BCUT2D eigenvalue weighted by molar-refractivity contribution is 0.251. The van der Waals surface area contributed by atoms with Gasteiger partial charge in [-0.3, -0.25) is 0 Å². The van der Waals surface area contributed by atoms with Gasteiger partial charge in [0.05, 0.1) is 0 Å². The molecule has 0 spiro atoms. The fraction of sp³-hybridized carbons (Fsp3) is 0.455. The molecule has 0 saturated heterocycles. The van der Waals surface area contributed by atoms with Crippen LogP contribution in [0.1, 0.15) is 19.3 Å². The van der Waals surface area contributed by atoms with Gasteiger partial charge in [-0.05, 0) is 31.4 Å². The average Bonchev–Trinajstić information content (AvgIpc) is 2.23. The van der Waals surface area contributed by atoms with Crippen molar-refractivity contribution < 1.29 is 17.2 Å². The van der Waals surface area contributed by atoms with Crippen LogP contribution in [-0.4, -0.2) is 20.5 Å². The van der Waals surface area contributed by atoms with E-state index >= 15 is 0 Å². The van der Waals surface area contributed by atoms with Crippen LogP contribution in [0.4, 0.5) is 8.78 Å². The van der Waals surface area contributed by atoms with Crippen molar-refractivity contribution in [1.29, 1.82) is 0 Å². The second kappa shape index (κ2) is 5.70. The first-order valence-electron chi connectivity index (χ1n) is 5.57. The number of sulfonamides is 1. The molecule has 1 aromatic rings. The Morgan fingerprint density at radius 2 is 1.79 bits per heavy atom. The van der Waals surface area contributed by atoms with Crippen LogP contribution in [-0.2, 0) is 10.0 Å². The fourth-order valence-electron chi connectivity index (χ4n) is 1.86. The van der Waals surface area contributed by atoms with E-state index in [1.807, 2.05) is 0 Å². The maximum Gasteiger partial charge on any atom is 0.246 e. The monoisotopic (exact) mass is 312 g/mol. The molecule has 8 heteroatoms. The Morgan fingerprint density at radius 3 is 2.21 bits per heavy atom. The van der Waals surface area contributed by atoms with Crippen molar-refractivity contribution >= 4 is 22.4 Å². The SMILES string of the molecule is Cl.NC1(CNS(=O)(=O)c2c(F)cccc2F)CCC1. The first kappa shape index (κ1) is 16.3. The van der Waals surface area contributed by atoms with Crippen molar-refractivity contribution in [2.75, 3.05) is 6.54 Å². The summed E-state index contributed by atoms with van der Waals surface area (Å²) in [7, 11) is -4.21. The number of hydrogen-bond donors (Lipinski definition) is 2. The van der Waals surface area contributed by atoms with Gasteiger partial charge >= 0.3 is 0 Å². The van der Waals surface area contributed by atoms with Gasteiger partial charge in [-0.1, -0.05) is 6.07 Å². The Hall–Kier alpha value is -0.760. The van der Waals surface area contributed by atoms with Gasteiger partial charge in [-0.25, -0.2) is 21.9 Å². The zero-order valence-corrected chi connectivity index (χ0v) is 11.7. The minimum atomic E-state index is -4.21. The lowest BCUT2D eigenvalue weighted by Gasteiger charge is -2.38. The van der Waals surface area contributed by atoms with Crippen LogP contribution in [0.2, 0.25) is 0 Å². The molecule has 1 saturated carbocycles. The molecule has 4 nitrogen and oxygen atoms in total. The molecule has 19 heavy (non-hydrogen) atoms. The third-order valence-electron chi connectivity index (χ3n) is 3.15. The van der Waals surface area contributed by atoms with Crippen LogP contribution in [0.3, 0.4) is 0 Å². The predicted octanol–water partition coefficient (Wildman–Crippen LogP) is 1.55. The van der Waals surface area contributed by atoms with Crippen LogP contribution in [0, 0.1) is 11.6 Å². The maximum atomic E-state index is 13.4. The number of nitrogens with one attached hydrogen (secondary N) is 1. The van der Waals surface area contributed by atoms with E-state index < -0.39 is 32.1 Å². The molecule has 1 aliphatic rings. The Morgan fingerprint density at radius 1 is 1.26 bits per heavy atom. The van der Waals surface area contributed by atoms with Crippen molar-refractivity contribution in [3.05, 3.63) is 29.8 Å². The molecule has 3 N–H and O–H groups in total. The number of hydrogen-bond acceptors (Lipinski definition) is 3. The Kier molecular flexibility index (Phi) is 4.89. The minimum absolute atomic E-state index is 0. The maximum absolute atomic E-state index is 13.4. The molecule has 0 atom stereocenters. The third kappa shape index (κ3) is 3.42. The zero-order chi connectivity index (χ0) is 13.4. The molecule has 1 aromatic carbocycles. The number of rotatable bonds is 4. The summed E-state index contributed by atoms with van der Waals surface area (Å²) in [6.07, 6.45) is 2.34. The Bertz CT molecular complexity index is 542. The molecule has 0 aromatic heterocycles. The van der Waals surface area contributed by atoms with E-state index in [0.29, 0.717) is 12.8 Å². The second-order valence-corrected chi connectivity index (χ2v) is 6.30. The molecule has 0 amide bonds. The Balaban J connectivity index is 0.00000180. The van der Waals surface area contributed by atoms with Crippen LogP contribution in [0.25, 0.3) is 0 Å². The Labute approximate surface area is 116 Å². The van der Waals surface area contributed by atoms with E-state index in [1.165, 1.54) is 0 Å². The highest BCUT2D eigenvalue weighted by Gasteiger charge is 2.34. The summed E-state index contributed by atoms with van der Waals surface area (Å²) in [6.45, 7) is -0.0108. The predicted molar refractivity (Wildman–Crippen MR) is 69.6 cm³/mol. The molecule has 0 unspecified atom stereocenters. The first-order chi connectivity index (χ1) is 8.34. The summed E-state index contributed by atoms with van der Waals surface area (Å²) in [5.74, 6) is -2.22. The van der Waals surface area contributed by atoms with Crippen molar-refractivity contribution in [3.63, 3.8) is 0 Å². The van der Waals surface area contributed by atoms with E-state index in [-0.39, 0.29) is 19.0 Å². The molecule has 1 aliphatic carbocycles. The third-order valence-corrected chi connectivity index (χ3v) is 4.60. The number of halogens is 3. The highest BCUT2D eigenvalue weighted by atomic mass is 35.5. The van der Waals surface area contributed by atoms with Crippen LogP contribution >= 0.6 is 12.4 Å². The van der Waals surface area contributed by atoms with Gasteiger partial charge in [-0.15, -0.1) is 12.4 Å². The van der Waals surface area contributed by atoms with E-state index in [0.717, 1.165) is 24.6 Å². The average molecular weight is 313 g/mol. The second-order valence-electron chi connectivity index (χ2n) is 4.59. The topological polar surface area (TPSA) is 72.2 Å². The van der Waals surface area contributed by atoms with Crippen LogP contribution in [0.15, 0.2) is 23.1 Å². The molecule has 0 radical (unpaired) electrons. The summed E-state index contributed by atoms with van der Waals surface area (Å²) < 4.78 is 52.5. The highest BCUT2D eigenvalue weighted by Crippen LogP contribution is 2.28. The van der Waals surface area contributed by atoms with Gasteiger partial charge in [0, 0.05) is 12.1 Å². The summed E-state index contributed by atoms with van der Waals surface area (Å²) >= 11 is 0. The standard InChI is InChI=1S/C11H14F2N2O2S.ClH/c12-8-3-1-4-9(13)10(8)18(16,17)15-7-11(14)5-2-6-11;/h1,3-4,15H,2,5-7,14H2;1H. The molecule has 0 heterocycles. The van der Waals surface area contributed by atoms with Gasteiger partial charge in [0.1, 0.15) is 11.6 Å². The van der Waals surface area contributed by atoms with Gasteiger partial charge in [0.2, 0.25) is 10.0 Å². The summed E-state index contributed by atoms with van der Waals surface area (Å²) in [5.41, 5.74) is 5.26. The highest BCUT2D eigenvalue weighted by molar-refractivity contribution is 7.89. The summed E-state index contributed by atoms with van der Waals surface area (Å²) in [6, 6.07) is 2.92. The molecule has 0 bridgehead atoms. The molecule has 0 aliphatic heterocycles. The van der Waals surface area contributed by atoms with E-state index in [2.05, 4.69) is 4.72 Å². The first-order valence-corrected chi connectivity index (χ1v) is 7.05. The van der Waals surface area contributed by atoms with Crippen molar-refractivity contribution in [2.24, 2.45) is 5.73 Å². The van der Waals surface area contributed by atoms with Crippen molar-refractivity contribution in [2.45, 2.75) is 29.7 Å². The van der Waals surface area contributed by atoms with Gasteiger partial charge in [-0.2, -0.15) is 0 Å². The van der Waals surface area contributed by atoms with Crippen molar-refractivity contribution in [1.82, 2.24) is 4.72 Å². The van der Waals surface area contributed by atoms with Crippen LogP contribution in [0.5, 0.6) is 0 Å². The fourth-order valence-corrected chi connectivity index (χ4v) is 3.13. The van der Waals surface area contributed by atoms with Gasteiger partial charge < -0.3 is 5.73 Å². The van der Waals surface area contributed by atoms with E-state index in [9.17, 15) is 17.2 Å². The minimum Gasteiger partial charge on any atom is -0.324 e. The molecular weight excluding hydrogens is 298 g/mol. The largest absolute Gasteiger partial charge is 0.324 e. The van der Waals surface area contributed by atoms with E-state index in [1.54, 1.807) is 0 Å². The lowest BCUT2D eigenvalue weighted by Crippen LogP contribution is -2.54. The van der Waals surface area contributed by atoms with E-state index in [4.69, 9.17) is 5.73 Å². The zero-order valence-electron chi connectivity index (χ0n) is 10.0. The van der Waals surface area contributed by atoms with Gasteiger partial charge in [0.15, 0.2) is 4.90 Å². The normalized spacial score (nSPS) is 17.4. The molecule has 108 valence electrons. The molecular formula is C11H15ClF2N2O2S. The van der Waals surface area contributed by atoms with Crippen LogP contribution < -0.4 is 10.5 Å².